The van der Waals surface area contributed by atoms with E-state index in [-0.39, 0.29) is 17.3 Å². The first-order valence-corrected chi connectivity index (χ1v) is 11.0. The van der Waals surface area contributed by atoms with Crippen molar-refractivity contribution in [2.75, 3.05) is 58.5 Å². The molecule has 6 heteroatoms. The first-order valence-electron chi connectivity index (χ1n) is 11.0. The molecule has 168 valence electrons. The fourth-order valence-electron chi connectivity index (χ4n) is 4.64. The van der Waals surface area contributed by atoms with Crippen LogP contribution in [0.2, 0.25) is 0 Å². The van der Waals surface area contributed by atoms with Crippen LogP contribution in [0.25, 0.3) is 0 Å². The van der Waals surface area contributed by atoms with Crippen molar-refractivity contribution < 1.29 is 18.6 Å². The molecule has 31 heavy (non-hydrogen) atoms. The molecule has 0 N–H and O–H groups in total. The molecule has 2 heterocycles. The number of benzene rings is 2. The van der Waals surface area contributed by atoms with Gasteiger partial charge in [-0.3, -0.25) is 4.90 Å². The smallest absolute Gasteiger partial charge is 0.161 e. The standard InChI is InChI=1S/C25H33FN2O3/c1-25(2)17-31-22(20-15-23(29-3)24(30-4)16-21(20)25)9-10-27-11-13-28(14-12-27)19-7-5-18(26)6-8-19/h5-8,15-16,22H,9-14,17H2,1-4H3. The fourth-order valence-corrected chi connectivity index (χ4v) is 4.64. The van der Waals surface area contributed by atoms with Gasteiger partial charge in [-0.25, -0.2) is 4.39 Å². The number of halogens is 1. The van der Waals surface area contributed by atoms with Crippen LogP contribution in [0.15, 0.2) is 36.4 Å². The summed E-state index contributed by atoms with van der Waals surface area (Å²) >= 11 is 0. The molecule has 1 saturated heterocycles. The molecular formula is C25H33FN2O3. The van der Waals surface area contributed by atoms with Crippen LogP contribution < -0.4 is 14.4 Å². The molecule has 0 amide bonds. The van der Waals surface area contributed by atoms with E-state index in [9.17, 15) is 4.39 Å². The SMILES string of the molecule is COc1cc2c(cc1OC)C(C)(C)COC2CCN1CCN(c2ccc(F)cc2)CC1. The number of nitrogens with zero attached hydrogens (tertiary/aromatic N) is 2. The third kappa shape index (κ3) is 4.65. The van der Waals surface area contributed by atoms with Crippen LogP contribution >= 0.6 is 0 Å². The third-order valence-electron chi connectivity index (χ3n) is 6.55. The van der Waals surface area contributed by atoms with Gasteiger partial charge < -0.3 is 19.1 Å². The van der Waals surface area contributed by atoms with E-state index in [1.807, 2.05) is 12.1 Å². The molecule has 2 aromatic rings. The van der Waals surface area contributed by atoms with Crippen molar-refractivity contribution in [3.8, 4) is 11.5 Å². The average Bonchev–Trinajstić information content (AvgIpc) is 2.78. The normalized spacial score (nSPS) is 20.9. The average molecular weight is 429 g/mol. The summed E-state index contributed by atoms with van der Waals surface area (Å²) in [5.74, 6) is 1.33. The van der Waals surface area contributed by atoms with E-state index in [0.717, 1.165) is 56.3 Å². The maximum absolute atomic E-state index is 13.2. The van der Waals surface area contributed by atoms with Crippen molar-refractivity contribution in [1.82, 2.24) is 4.90 Å². The van der Waals surface area contributed by atoms with Gasteiger partial charge in [-0.05, 0) is 53.9 Å². The summed E-state index contributed by atoms with van der Waals surface area (Å²) < 4.78 is 30.6. The Bertz CT molecular complexity index is 892. The summed E-state index contributed by atoms with van der Waals surface area (Å²) in [5.41, 5.74) is 3.52. The van der Waals surface area contributed by atoms with Crippen LogP contribution in [0.1, 0.15) is 37.5 Å². The second-order valence-corrected chi connectivity index (χ2v) is 9.07. The minimum atomic E-state index is -0.187. The number of hydrogen-bond donors (Lipinski definition) is 0. The number of piperazine rings is 1. The van der Waals surface area contributed by atoms with Crippen LogP contribution in [0.5, 0.6) is 11.5 Å². The topological polar surface area (TPSA) is 34.2 Å². The van der Waals surface area contributed by atoms with E-state index in [4.69, 9.17) is 14.2 Å². The van der Waals surface area contributed by atoms with E-state index in [1.54, 1.807) is 14.2 Å². The molecule has 2 aromatic carbocycles. The van der Waals surface area contributed by atoms with Crippen LogP contribution in [0.3, 0.4) is 0 Å². The first-order chi connectivity index (χ1) is 14.9. The molecule has 1 fully saturated rings. The summed E-state index contributed by atoms with van der Waals surface area (Å²) in [6.45, 7) is 9.99. The van der Waals surface area contributed by atoms with Crippen molar-refractivity contribution in [1.29, 1.82) is 0 Å². The summed E-state index contributed by atoms with van der Waals surface area (Å²) in [5, 5.41) is 0. The number of ether oxygens (including phenoxy) is 3. The predicted molar refractivity (Wildman–Crippen MR) is 121 cm³/mol. The highest BCUT2D eigenvalue weighted by Gasteiger charge is 2.35. The largest absolute Gasteiger partial charge is 0.493 e. The van der Waals surface area contributed by atoms with Crippen molar-refractivity contribution >= 4 is 5.69 Å². The molecule has 0 aromatic heterocycles. The molecule has 0 aliphatic carbocycles. The van der Waals surface area contributed by atoms with Gasteiger partial charge in [-0.15, -0.1) is 0 Å². The van der Waals surface area contributed by atoms with Crippen LogP contribution in [0, 0.1) is 5.82 Å². The summed E-state index contributed by atoms with van der Waals surface area (Å²) in [6.07, 6.45) is 0.993. The van der Waals surface area contributed by atoms with Gasteiger partial charge in [0.2, 0.25) is 0 Å². The van der Waals surface area contributed by atoms with Gasteiger partial charge in [-0.2, -0.15) is 0 Å². The Morgan fingerprint density at radius 1 is 1.00 bits per heavy atom. The van der Waals surface area contributed by atoms with E-state index in [1.165, 1.54) is 23.3 Å². The monoisotopic (exact) mass is 428 g/mol. The minimum Gasteiger partial charge on any atom is -0.493 e. The maximum atomic E-state index is 13.2. The van der Waals surface area contributed by atoms with Gasteiger partial charge >= 0.3 is 0 Å². The lowest BCUT2D eigenvalue weighted by atomic mass is 9.78. The third-order valence-corrected chi connectivity index (χ3v) is 6.55. The lowest BCUT2D eigenvalue weighted by Crippen LogP contribution is -2.47. The zero-order chi connectivity index (χ0) is 22.0. The number of hydrogen-bond acceptors (Lipinski definition) is 5. The van der Waals surface area contributed by atoms with Gasteiger partial charge in [0.05, 0.1) is 26.9 Å². The van der Waals surface area contributed by atoms with E-state index in [0.29, 0.717) is 6.61 Å². The fraction of sp³-hybridized carbons (Fsp3) is 0.520. The molecular weight excluding hydrogens is 395 g/mol. The van der Waals surface area contributed by atoms with Gasteiger partial charge in [0.15, 0.2) is 11.5 Å². The predicted octanol–water partition coefficient (Wildman–Crippen LogP) is 4.40. The van der Waals surface area contributed by atoms with Crippen molar-refractivity contribution in [3.63, 3.8) is 0 Å². The molecule has 0 bridgehead atoms. The highest BCUT2D eigenvalue weighted by atomic mass is 19.1. The van der Waals surface area contributed by atoms with Crippen molar-refractivity contribution in [3.05, 3.63) is 53.3 Å². The molecule has 1 atom stereocenters. The molecule has 4 rings (SSSR count). The number of anilines is 1. The highest BCUT2D eigenvalue weighted by molar-refractivity contribution is 5.51. The molecule has 0 saturated carbocycles. The molecule has 5 nitrogen and oxygen atoms in total. The van der Waals surface area contributed by atoms with Crippen LogP contribution in [-0.4, -0.2) is 58.5 Å². The second kappa shape index (κ2) is 9.05. The van der Waals surface area contributed by atoms with Gasteiger partial charge in [-0.1, -0.05) is 13.8 Å². The zero-order valence-corrected chi connectivity index (χ0v) is 19.0. The van der Waals surface area contributed by atoms with Crippen molar-refractivity contribution in [2.24, 2.45) is 0 Å². The van der Waals surface area contributed by atoms with Crippen molar-refractivity contribution in [2.45, 2.75) is 31.8 Å². The van der Waals surface area contributed by atoms with Gasteiger partial charge in [0.1, 0.15) is 5.82 Å². The minimum absolute atomic E-state index is 0.0537. The Kier molecular flexibility index (Phi) is 6.39. The molecule has 2 aliphatic rings. The molecule has 0 radical (unpaired) electrons. The Hall–Kier alpha value is -2.31. The Labute approximate surface area is 184 Å². The number of fused-ring (bicyclic) bond motifs is 1. The van der Waals surface area contributed by atoms with E-state index in [2.05, 4.69) is 35.8 Å². The summed E-state index contributed by atoms with van der Waals surface area (Å²) in [6, 6.07) is 11.0. The number of rotatable bonds is 6. The highest BCUT2D eigenvalue weighted by Crippen LogP contribution is 2.44. The van der Waals surface area contributed by atoms with Gasteiger partial charge in [0.25, 0.3) is 0 Å². The number of methoxy groups -OCH3 is 2. The van der Waals surface area contributed by atoms with Crippen LogP contribution in [0.4, 0.5) is 10.1 Å². The van der Waals surface area contributed by atoms with E-state index >= 15 is 0 Å². The summed E-state index contributed by atoms with van der Waals surface area (Å²) in [4.78, 5) is 4.81. The quantitative estimate of drug-likeness (QED) is 0.681. The second-order valence-electron chi connectivity index (χ2n) is 9.07. The lowest BCUT2D eigenvalue weighted by Gasteiger charge is -2.40. The summed E-state index contributed by atoms with van der Waals surface area (Å²) in [7, 11) is 3.36. The maximum Gasteiger partial charge on any atom is 0.161 e. The van der Waals surface area contributed by atoms with Crippen LogP contribution in [-0.2, 0) is 10.2 Å². The van der Waals surface area contributed by atoms with Gasteiger partial charge in [0, 0.05) is 43.8 Å². The Balaban J connectivity index is 1.40. The first kappa shape index (κ1) is 21.9. The zero-order valence-electron chi connectivity index (χ0n) is 19.0. The molecule has 1 unspecified atom stereocenters. The lowest BCUT2D eigenvalue weighted by molar-refractivity contribution is -0.00352. The van der Waals surface area contributed by atoms with E-state index < -0.39 is 0 Å². The molecule has 0 spiro atoms. The Morgan fingerprint density at radius 2 is 1.65 bits per heavy atom. The Morgan fingerprint density at radius 3 is 2.29 bits per heavy atom. The molecule has 2 aliphatic heterocycles.